The molecule has 2 aromatic rings. The summed E-state index contributed by atoms with van der Waals surface area (Å²) in [6, 6.07) is 10.3. The van der Waals surface area contributed by atoms with Gasteiger partial charge < -0.3 is 19.7 Å². The summed E-state index contributed by atoms with van der Waals surface area (Å²) in [5.74, 6) is 0.171. The maximum atomic E-state index is 13.3. The minimum absolute atomic E-state index is 0.0358. The van der Waals surface area contributed by atoms with Crippen molar-refractivity contribution in [1.82, 2.24) is 19.8 Å². The van der Waals surface area contributed by atoms with Crippen LogP contribution in [0.2, 0.25) is 0 Å². The van der Waals surface area contributed by atoms with Crippen LogP contribution in [0.4, 0.5) is 5.69 Å². The molecule has 0 saturated carbocycles. The van der Waals surface area contributed by atoms with Crippen molar-refractivity contribution in [3.63, 3.8) is 0 Å². The molecule has 0 atom stereocenters. The molecular formula is C22H29N5O2. The minimum Gasteiger partial charge on any atom is -0.368 e. The van der Waals surface area contributed by atoms with Gasteiger partial charge in [0.15, 0.2) is 5.82 Å². The molecule has 7 heteroatoms. The molecule has 1 aromatic heterocycles. The lowest BCUT2D eigenvalue weighted by molar-refractivity contribution is 0.0728. The van der Waals surface area contributed by atoms with Crippen LogP contribution in [0.3, 0.4) is 0 Å². The van der Waals surface area contributed by atoms with Gasteiger partial charge in [-0.05, 0) is 45.2 Å². The van der Waals surface area contributed by atoms with E-state index < -0.39 is 0 Å². The van der Waals surface area contributed by atoms with Crippen molar-refractivity contribution >= 4 is 17.5 Å². The van der Waals surface area contributed by atoms with E-state index in [1.165, 1.54) is 5.69 Å². The first-order chi connectivity index (χ1) is 14.0. The number of imidazole rings is 1. The van der Waals surface area contributed by atoms with E-state index in [1.807, 2.05) is 41.5 Å². The molecule has 1 aromatic carbocycles. The van der Waals surface area contributed by atoms with Crippen molar-refractivity contribution in [3.8, 4) is 0 Å². The third kappa shape index (κ3) is 3.99. The van der Waals surface area contributed by atoms with E-state index in [9.17, 15) is 9.59 Å². The highest BCUT2D eigenvalue weighted by Gasteiger charge is 2.31. The van der Waals surface area contributed by atoms with Gasteiger partial charge in [-0.25, -0.2) is 4.98 Å². The van der Waals surface area contributed by atoms with Gasteiger partial charge in [0.1, 0.15) is 5.69 Å². The molecule has 0 bridgehead atoms. The van der Waals surface area contributed by atoms with E-state index in [1.54, 1.807) is 0 Å². The normalized spacial score (nSPS) is 16.7. The monoisotopic (exact) mass is 395 g/mol. The quantitative estimate of drug-likeness (QED) is 0.863. The van der Waals surface area contributed by atoms with Gasteiger partial charge in [0.2, 0.25) is 0 Å². The van der Waals surface area contributed by atoms with Crippen molar-refractivity contribution in [2.45, 2.75) is 45.7 Å². The van der Waals surface area contributed by atoms with Crippen molar-refractivity contribution in [2.24, 2.45) is 0 Å². The summed E-state index contributed by atoms with van der Waals surface area (Å²) in [6.45, 7) is 7.51. The fourth-order valence-corrected chi connectivity index (χ4v) is 4.17. The number of nitrogens with zero attached hydrogens (tertiary/aromatic N) is 4. The molecule has 1 N–H and O–H groups in total. The van der Waals surface area contributed by atoms with Crippen LogP contribution in [0.5, 0.6) is 0 Å². The molecule has 2 aliphatic rings. The summed E-state index contributed by atoms with van der Waals surface area (Å²) in [5, 5.41) is 2.92. The van der Waals surface area contributed by atoms with Gasteiger partial charge in [0.05, 0.1) is 5.69 Å². The standard InChI is InChI=1S/C22H29N5O2/c1-16(2)23-21(28)19-18-10-6-7-11-27(18)20(24-19)22(29)26-14-12-25(13-15-26)17-8-4-3-5-9-17/h3-5,8-9,16H,6-7,10-15H2,1-2H3,(H,23,28). The molecule has 1 saturated heterocycles. The average molecular weight is 396 g/mol. The Bertz CT molecular complexity index is 882. The number of carbonyl (C=O) groups is 2. The lowest BCUT2D eigenvalue weighted by atomic mass is 10.1. The summed E-state index contributed by atoms with van der Waals surface area (Å²) in [7, 11) is 0. The summed E-state index contributed by atoms with van der Waals surface area (Å²) in [5.41, 5.74) is 2.51. The second-order valence-electron chi connectivity index (χ2n) is 8.08. The second-order valence-corrected chi connectivity index (χ2v) is 8.08. The summed E-state index contributed by atoms with van der Waals surface area (Å²) in [6.07, 6.45) is 2.83. The van der Waals surface area contributed by atoms with Crippen LogP contribution in [0.1, 0.15) is 53.5 Å². The topological polar surface area (TPSA) is 70.5 Å². The SMILES string of the molecule is CC(C)NC(=O)c1nc(C(=O)N2CCN(c3ccccc3)CC2)n2c1CCCC2. The van der Waals surface area contributed by atoms with Crippen LogP contribution in [0.15, 0.2) is 30.3 Å². The summed E-state index contributed by atoms with van der Waals surface area (Å²) in [4.78, 5) is 34.6. The maximum absolute atomic E-state index is 13.3. The predicted octanol–water partition coefficient (Wildman–Crippen LogP) is 2.32. The Morgan fingerprint density at radius 1 is 1.00 bits per heavy atom. The Balaban J connectivity index is 1.52. The second kappa shape index (κ2) is 8.27. The van der Waals surface area contributed by atoms with Crippen LogP contribution >= 0.6 is 0 Å². The van der Waals surface area contributed by atoms with Gasteiger partial charge in [0, 0.05) is 44.5 Å². The third-order valence-electron chi connectivity index (χ3n) is 5.63. The Morgan fingerprint density at radius 3 is 2.41 bits per heavy atom. The largest absolute Gasteiger partial charge is 0.368 e. The molecule has 1 fully saturated rings. The fourth-order valence-electron chi connectivity index (χ4n) is 4.17. The minimum atomic E-state index is -0.182. The Hall–Kier alpha value is -2.83. The van der Waals surface area contributed by atoms with Gasteiger partial charge >= 0.3 is 0 Å². The number of fused-ring (bicyclic) bond motifs is 1. The fraction of sp³-hybridized carbons (Fsp3) is 0.500. The first-order valence-corrected chi connectivity index (χ1v) is 10.5. The van der Waals surface area contributed by atoms with Crippen molar-refractivity contribution in [3.05, 3.63) is 47.5 Å². The van der Waals surface area contributed by atoms with E-state index >= 15 is 0 Å². The van der Waals surface area contributed by atoms with Crippen LogP contribution in [-0.2, 0) is 13.0 Å². The molecule has 154 valence electrons. The van der Waals surface area contributed by atoms with Crippen molar-refractivity contribution in [2.75, 3.05) is 31.1 Å². The molecule has 0 unspecified atom stereocenters. The van der Waals surface area contributed by atoms with E-state index in [0.717, 1.165) is 44.6 Å². The highest BCUT2D eigenvalue weighted by atomic mass is 16.2. The molecule has 2 aliphatic heterocycles. The number of carbonyl (C=O) groups excluding carboxylic acids is 2. The zero-order chi connectivity index (χ0) is 20.4. The van der Waals surface area contributed by atoms with Crippen LogP contribution in [0, 0.1) is 0 Å². The molecule has 29 heavy (non-hydrogen) atoms. The number of aromatic nitrogens is 2. The number of hydrogen-bond donors (Lipinski definition) is 1. The smallest absolute Gasteiger partial charge is 0.290 e. The van der Waals surface area contributed by atoms with Gasteiger partial charge in [-0.3, -0.25) is 9.59 Å². The Kier molecular flexibility index (Phi) is 5.56. The third-order valence-corrected chi connectivity index (χ3v) is 5.63. The summed E-state index contributed by atoms with van der Waals surface area (Å²) >= 11 is 0. The van der Waals surface area contributed by atoms with E-state index in [4.69, 9.17) is 0 Å². The zero-order valence-corrected chi connectivity index (χ0v) is 17.2. The molecule has 0 spiro atoms. The van der Waals surface area contributed by atoms with Gasteiger partial charge in [0.25, 0.3) is 11.8 Å². The number of para-hydroxylation sites is 1. The Labute approximate surface area is 171 Å². The van der Waals surface area contributed by atoms with Gasteiger partial charge in [-0.2, -0.15) is 0 Å². The van der Waals surface area contributed by atoms with Crippen molar-refractivity contribution < 1.29 is 9.59 Å². The zero-order valence-electron chi connectivity index (χ0n) is 17.2. The highest BCUT2D eigenvalue weighted by molar-refractivity contribution is 5.97. The van der Waals surface area contributed by atoms with E-state index in [0.29, 0.717) is 24.6 Å². The molecule has 7 nitrogen and oxygen atoms in total. The predicted molar refractivity (Wildman–Crippen MR) is 112 cm³/mol. The van der Waals surface area contributed by atoms with Crippen LogP contribution in [-0.4, -0.2) is 58.5 Å². The highest BCUT2D eigenvalue weighted by Crippen LogP contribution is 2.23. The van der Waals surface area contributed by atoms with Crippen LogP contribution < -0.4 is 10.2 Å². The molecule has 0 radical (unpaired) electrons. The van der Waals surface area contributed by atoms with E-state index in [-0.39, 0.29) is 17.9 Å². The van der Waals surface area contributed by atoms with Gasteiger partial charge in [-0.15, -0.1) is 0 Å². The lowest BCUT2D eigenvalue weighted by Crippen LogP contribution is -2.49. The number of rotatable bonds is 4. The maximum Gasteiger partial charge on any atom is 0.290 e. The number of nitrogens with one attached hydrogen (secondary N) is 1. The number of benzene rings is 1. The number of hydrogen-bond acceptors (Lipinski definition) is 4. The van der Waals surface area contributed by atoms with Crippen LogP contribution in [0.25, 0.3) is 0 Å². The lowest BCUT2D eigenvalue weighted by Gasteiger charge is -2.36. The molecular weight excluding hydrogens is 366 g/mol. The average Bonchev–Trinajstić information content (AvgIpc) is 3.13. The number of anilines is 1. The molecule has 3 heterocycles. The molecule has 4 rings (SSSR count). The van der Waals surface area contributed by atoms with Crippen molar-refractivity contribution in [1.29, 1.82) is 0 Å². The number of piperazine rings is 1. The Morgan fingerprint density at radius 2 is 1.72 bits per heavy atom. The van der Waals surface area contributed by atoms with Gasteiger partial charge in [-0.1, -0.05) is 18.2 Å². The van der Waals surface area contributed by atoms with E-state index in [2.05, 4.69) is 27.3 Å². The molecule has 0 aliphatic carbocycles. The summed E-state index contributed by atoms with van der Waals surface area (Å²) < 4.78 is 1.98. The number of amides is 2. The first kappa shape index (κ1) is 19.5. The first-order valence-electron chi connectivity index (χ1n) is 10.5. The molecule has 2 amide bonds.